The van der Waals surface area contributed by atoms with E-state index in [1.165, 1.54) is 74.3 Å². The van der Waals surface area contributed by atoms with Gasteiger partial charge in [-0.05, 0) is 57.7 Å². The molecule has 6 rings (SSSR count). The molecule has 6 nitrogen and oxygen atoms in total. The molecular weight excluding hydrogens is 420 g/mol. The molecule has 32 heavy (non-hydrogen) atoms. The predicted molar refractivity (Wildman–Crippen MR) is 135 cm³/mol. The van der Waals surface area contributed by atoms with Crippen molar-refractivity contribution in [3.63, 3.8) is 0 Å². The van der Waals surface area contributed by atoms with Crippen LogP contribution in [-0.2, 0) is 6.54 Å². The van der Waals surface area contributed by atoms with E-state index in [0.29, 0.717) is 0 Å². The van der Waals surface area contributed by atoms with Crippen LogP contribution in [0, 0.1) is 0 Å². The molecule has 3 aromatic rings. The van der Waals surface area contributed by atoms with Crippen LogP contribution in [0.3, 0.4) is 0 Å². The number of halogens is 1. The van der Waals surface area contributed by atoms with Gasteiger partial charge < -0.3 is 19.3 Å². The zero-order chi connectivity index (χ0) is 20.6. The zero-order valence-electron chi connectivity index (χ0n) is 19.0. The third-order valence-corrected chi connectivity index (χ3v) is 7.46. The topological polar surface area (TPSA) is 40.4 Å². The molecule has 0 bridgehead atoms. The fraction of sp³-hybridized carbons (Fsp3) is 0.600. The lowest BCUT2D eigenvalue weighted by Gasteiger charge is -2.26. The van der Waals surface area contributed by atoms with Crippen molar-refractivity contribution in [2.75, 3.05) is 55.6 Å². The van der Waals surface area contributed by atoms with E-state index in [4.69, 9.17) is 9.97 Å². The van der Waals surface area contributed by atoms with Gasteiger partial charge in [0.05, 0.1) is 10.9 Å². The van der Waals surface area contributed by atoms with Crippen LogP contribution in [0.1, 0.15) is 44.9 Å². The summed E-state index contributed by atoms with van der Waals surface area (Å²) in [6.45, 7) is 8.97. The molecule has 0 N–H and O–H groups in total. The van der Waals surface area contributed by atoms with Crippen molar-refractivity contribution in [2.45, 2.75) is 51.5 Å². The number of hydrogen-bond acceptors (Lipinski definition) is 5. The second kappa shape index (κ2) is 9.44. The molecule has 3 aliphatic rings. The maximum atomic E-state index is 5.22. The van der Waals surface area contributed by atoms with Crippen molar-refractivity contribution >= 4 is 46.1 Å². The third kappa shape index (κ3) is 3.92. The lowest BCUT2D eigenvalue weighted by atomic mass is 10.1. The largest absolute Gasteiger partial charge is 0.356 e. The van der Waals surface area contributed by atoms with Crippen LogP contribution >= 0.6 is 12.4 Å². The SMILES string of the molecule is Cl.c1ccc2c(c1)c1c(N3CCCC3)nc(N3CCCC3)nc1n2CCN1CCCCC1. The van der Waals surface area contributed by atoms with E-state index >= 15 is 0 Å². The molecule has 0 saturated carbocycles. The van der Waals surface area contributed by atoms with Gasteiger partial charge >= 0.3 is 0 Å². The second-order valence-corrected chi connectivity index (χ2v) is 9.51. The molecule has 1 aromatic carbocycles. The number of anilines is 2. The van der Waals surface area contributed by atoms with Crippen LogP contribution < -0.4 is 9.80 Å². The Morgan fingerprint density at radius 1 is 0.688 bits per heavy atom. The summed E-state index contributed by atoms with van der Waals surface area (Å²) in [5.74, 6) is 2.10. The molecule has 3 fully saturated rings. The fourth-order valence-corrected chi connectivity index (χ4v) is 5.76. The minimum absolute atomic E-state index is 0. The molecule has 0 atom stereocenters. The van der Waals surface area contributed by atoms with E-state index in [2.05, 4.69) is 43.5 Å². The van der Waals surface area contributed by atoms with Crippen LogP contribution in [0.15, 0.2) is 24.3 Å². The van der Waals surface area contributed by atoms with Crippen LogP contribution in [0.5, 0.6) is 0 Å². The Bertz CT molecular complexity index is 1060. The molecular formula is C25H35ClN6. The highest BCUT2D eigenvalue weighted by molar-refractivity contribution is 6.12. The lowest BCUT2D eigenvalue weighted by Crippen LogP contribution is -2.32. The number of hydrogen-bond donors (Lipinski definition) is 0. The molecule has 172 valence electrons. The summed E-state index contributed by atoms with van der Waals surface area (Å²) in [6, 6.07) is 8.88. The van der Waals surface area contributed by atoms with Gasteiger partial charge in [0.1, 0.15) is 11.5 Å². The van der Waals surface area contributed by atoms with Crippen molar-refractivity contribution in [3.05, 3.63) is 24.3 Å². The van der Waals surface area contributed by atoms with E-state index < -0.39 is 0 Å². The van der Waals surface area contributed by atoms with Crippen LogP contribution in [0.4, 0.5) is 11.8 Å². The van der Waals surface area contributed by atoms with Crippen LogP contribution in [0.25, 0.3) is 21.9 Å². The molecule has 3 aliphatic heterocycles. The summed E-state index contributed by atoms with van der Waals surface area (Å²) >= 11 is 0. The minimum atomic E-state index is 0. The molecule has 5 heterocycles. The quantitative estimate of drug-likeness (QED) is 0.559. The summed E-state index contributed by atoms with van der Waals surface area (Å²) in [6.07, 6.45) is 9.09. The monoisotopic (exact) mass is 454 g/mol. The van der Waals surface area contributed by atoms with Crippen molar-refractivity contribution in [3.8, 4) is 0 Å². The van der Waals surface area contributed by atoms with Crippen molar-refractivity contribution in [1.29, 1.82) is 0 Å². The molecule has 0 amide bonds. The summed E-state index contributed by atoms with van der Waals surface area (Å²) in [5.41, 5.74) is 2.44. The molecule has 7 heteroatoms. The van der Waals surface area contributed by atoms with Gasteiger partial charge in [0.15, 0.2) is 0 Å². The van der Waals surface area contributed by atoms with Gasteiger partial charge in [0.2, 0.25) is 5.95 Å². The summed E-state index contributed by atoms with van der Waals surface area (Å²) in [7, 11) is 0. The van der Waals surface area contributed by atoms with E-state index in [9.17, 15) is 0 Å². The number of aromatic nitrogens is 3. The Morgan fingerprint density at radius 2 is 1.34 bits per heavy atom. The first-order valence-corrected chi connectivity index (χ1v) is 12.4. The van der Waals surface area contributed by atoms with Gasteiger partial charge in [-0.3, -0.25) is 0 Å². The third-order valence-electron chi connectivity index (χ3n) is 7.46. The van der Waals surface area contributed by atoms with Crippen LogP contribution in [-0.4, -0.2) is 65.2 Å². The average Bonchev–Trinajstić information content (AvgIpc) is 3.59. The first kappa shape index (κ1) is 21.8. The highest BCUT2D eigenvalue weighted by Gasteiger charge is 2.26. The van der Waals surface area contributed by atoms with E-state index in [-0.39, 0.29) is 12.4 Å². The zero-order valence-corrected chi connectivity index (χ0v) is 19.8. The molecule has 3 saturated heterocycles. The number of piperidine rings is 1. The number of rotatable bonds is 5. The van der Waals surface area contributed by atoms with Gasteiger partial charge in [-0.2, -0.15) is 9.97 Å². The predicted octanol–water partition coefficient (Wildman–Crippen LogP) is 4.69. The smallest absolute Gasteiger partial charge is 0.229 e. The van der Waals surface area contributed by atoms with Gasteiger partial charge in [0, 0.05) is 44.7 Å². The Hall–Kier alpha value is -2.05. The Balaban J connectivity index is 0.00000216. The van der Waals surface area contributed by atoms with Crippen molar-refractivity contribution < 1.29 is 0 Å². The Morgan fingerprint density at radius 3 is 2.09 bits per heavy atom. The van der Waals surface area contributed by atoms with E-state index in [1.807, 2.05) is 0 Å². The highest BCUT2D eigenvalue weighted by atomic mass is 35.5. The molecule has 0 spiro atoms. The fourth-order valence-electron chi connectivity index (χ4n) is 5.76. The first-order chi connectivity index (χ1) is 15.4. The number of para-hydroxylation sites is 1. The molecule has 0 aliphatic carbocycles. The van der Waals surface area contributed by atoms with Gasteiger partial charge in [-0.1, -0.05) is 24.6 Å². The second-order valence-electron chi connectivity index (χ2n) is 9.51. The van der Waals surface area contributed by atoms with Crippen LogP contribution in [0.2, 0.25) is 0 Å². The van der Waals surface area contributed by atoms with E-state index in [1.54, 1.807) is 0 Å². The number of benzene rings is 1. The van der Waals surface area contributed by atoms with Gasteiger partial charge in [-0.25, -0.2) is 0 Å². The summed E-state index contributed by atoms with van der Waals surface area (Å²) in [5, 5.41) is 2.57. The lowest BCUT2D eigenvalue weighted by molar-refractivity contribution is 0.222. The Kier molecular flexibility index (Phi) is 6.42. The Labute approximate surface area is 197 Å². The first-order valence-electron chi connectivity index (χ1n) is 12.4. The maximum absolute atomic E-state index is 5.22. The molecule has 0 radical (unpaired) electrons. The van der Waals surface area contributed by atoms with Crippen molar-refractivity contribution in [2.24, 2.45) is 0 Å². The van der Waals surface area contributed by atoms with E-state index in [0.717, 1.165) is 56.7 Å². The minimum Gasteiger partial charge on any atom is -0.356 e. The van der Waals surface area contributed by atoms with Gasteiger partial charge in [-0.15, -0.1) is 12.4 Å². The number of fused-ring (bicyclic) bond motifs is 3. The standard InChI is InChI=1S/C25H34N6.ClH/c1-4-12-28(13-5-1)18-19-31-21-11-3-2-10-20(21)22-23(29-14-6-7-15-29)26-25(27-24(22)31)30-16-8-9-17-30;/h2-3,10-11H,1,4-9,12-19H2;1H. The molecule has 2 aromatic heterocycles. The summed E-state index contributed by atoms with van der Waals surface area (Å²) < 4.78 is 2.49. The normalized spacial score (nSPS) is 19.9. The summed E-state index contributed by atoms with van der Waals surface area (Å²) in [4.78, 5) is 18.0. The number of likely N-dealkylation sites (tertiary alicyclic amines) is 1. The highest BCUT2D eigenvalue weighted by Crippen LogP contribution is 2.37. The molecule has 0 unspecified atom stereocenters. The van der Waals surface area contributed by atoms with Gasteiger partial charge in [0.25, 0.3) is 0 Å². The maximum Gasteiger partial charge on any atom is 0.229 e. The number of nitrogens with zero attached hydrogens (tertiary/aromatic N) is 6. The average molecular weight is 455 g/mol. The van der Waals surface area contributed by atoms with Crippen molar-refractivity contribution in [1.82, 2.24) is 19.4 Å².